The first-order valence-electron chi connectivity index (χ1n) is 12.2. The van der Waals surface area contributed by atoms with E-state index in [0.29, 0.717) is 12.8 Å². The molecule has 1 aliphatic carbocycles. The van der Waals surface area contributed by atoms with Crippen molar-refractivity contribution in [1.82, 2.24) is 10.6 Å². The molecule has 0 bridgehead atoms. The number of amides is 2. The zero-order valence-electron chi connectivity index (χ0n) is 19.9. The number of fused-ring (bicyclic) bond motifs is 3. The summed E-state index contributed by atoms with van der Waals surface area (Å²) >= 11 is 0. The summed E-state index contributed by atoms with van der Waals surface area (Å²) in [5.41, 5.74) is 4.63. The van der Waals surface area contributed by atoms with Crippen LogP contribution in [0.1, 0.15) is 49.7 Å². The Morgan fingerprint density at radius 3 is 2.37 bits per heavy atom. The lowest BCUT2D eigenvalue weighted by molar-refractivity contribution is -0.142. The summed E-state index contributed by atoms with van der Waals surface area (Å²) in [5.74, 6) is -1.80. The van der Waals surface area contributed by atoms with Crippen molar-refractivity contribution in [2.45, 2.75) is 50.7 Å². The van der Waals surface area contributed by atoms with Gasteiger partial charge in [0.2, 0.25) is 5.91 Å². The average Bonchev–Trinajstić information content (AvgIpc) is 3.47. The highest BCUT2D eigenvalue weighted by Crippen LogP contribution is 2.44. The first-order valence-corrected chi connectivity index (χ1v) is 12.2. The molecule has 0 radical (unpaired) electrons. The molecule has 2 amide bonds. The second kappa shape index (κ2) is 11.4. The van der Waals surface area contributed by atoms with Crippen LogP contribution < -0.4 is 10.6 Å². The first-order chi connectivity index (χ1) is 17.0. The number of ether oxygens (including phenoxy) is 2. The van der Waals surface area contributed by atoms with Gasteiger partial charge < -0.3 is 25.2 Å². The van der Waals surface area contributed by atoms with Crippen molar-refractivity contribution in [2.75, 3.05) is 19.8 Å². The van der Waals surface area contributed by atoms with Crippen LogP contribution in [-0.4, -0.2) is 55.0 Å². The predicted octanol–water partition coefficient (Wildman–Crippen LogP) is 3.69. The van der Waals surface area contributed by atoms with Crippen molar-refractivity contribution < 1.29 is 29.0 Å². The van der Waals surface area contributed by atoms with Gasteiger partial charge >= 0.3 is 12.1 Å². The van der Waals surface area contributed by atoms with Crippen LogP contribution in [0.5, 0.6) is 0 Å². The summed E-state index contributed by atoms with van der Waals surface area (Å²) < 4.78 is 11.2. The Kier molecular flexibility index (Phi) is 8.02. The standard InChI is InChI=1S/C27H32N2O6/c1-2-3-12-24(26(31)32)29-25(30)17-13-18(34-15-17)14-28-27(33)35-16-23-21-10-6-4-8-19(21)20-9-5-7-11-22(20)23/h4-11,17-18,23-24H,2-3,12-16H2,1H3,(H,28,33)(H,29,30)(H,31,32)/t17-,18-,24-/m0/s1. The third kappa shape index (κ3) is 5.82. The molecular weight excluding hydrogens is 448 g/mol. The molecule has 0 spiro atoms. The van der Waals surface area contributed by atoms with E-state index in [-0.39, 0.29) is 37.7 Å². The van der Waals surface area contributed by atoms with Gasteiger partial charge in [-0.2, -0.15) is 0 Å². The Hall–Kier alpha value is -3.39. The largest absolute Gasteiger partial charge is 0.480 e. The highest BCUT2D eigenvalue weighted by Gasteiger charge is 2.33. The minimum absolute atomic E-state index is 0.0150. The summed E-state index contributed by atoms with van der Waals surface area (Å²) in [5, 5.41) is 14.7. The number of carbonyl (C=O) groups is 3. The van der Waals surface area contributed by atoms with E-state index in [1.54, 1.807) is 0 Å². The number of unbranched alkanes of at least 4 members (excludes halogenated alkanes) is 1. The lowest BCUT2D eigenvalue weighted by atomic mass is 9.98. The van der Waals surface area contributed by atoms with Crippen LogP contribution in [0, 0.1) is 5.92 Å². The van der Waals surface area contributed by atoms with E-state index in [2.05, 4.69) is 34.9 Å². The maximum Gasteiger partial charge on any atom is 0.407 e. The molecule has 186 valence electrons. The van der Waals surface area contributed by atoms with Crippen LogP contribution in [0.3, 0.4) is 0 Å². The van der Waals surface area contributed by atoms with Crippen molar-refractivity contribution in [2.24, 2.45) is 5.92 Å². The van der Waals surface area contributed by atoms with Crippen LogP contribution >= 0.6 is 0 Å². The van der Waals surface area contributed by atoms with Crippen LogP contribution in [-0.2, 0) is 19.1 Å². The number of hydrogen-bond donors (Lipinski definition) is 3. The van der Waals surface area contributed by atoms with Gasteiger partial charge in [0, 0.05) is 12.5 Å². The van der Waals surface area contributed by atoms with E-state index in [9.17, 15) is 19.5 Å². The number of nitrogens with one attached hydrogen (secondary N) is 2. The Balaban J connectivity index is 1.23. The van der Waals surface area contributed by atoms with E-state index >= 15 is 0 Å². The van der Waals surface area contributed by atoms with Gasteiger partial charge in [0.15, 0.2) is 0 Å². The normalized spacial score (nSPS) is 19.5. The Bertz CT molecular complexity index is 1030. The van der Waals surface area contributed by atoms with Crippen LogP contribution in [0.25, 0.3) is 11.1 Å². The molecule has 3 N–H and O–H groups in total. The van der Waals surface area contributed by atoms with E-state index in [1.807, 2.05) is 31.2 Å². The summed E-state index contributed by atoms with van der Waals surface area (Å²) in [6.45, 7) is 2.62. The molecule has 2 aromatic rings. The molecule has 2 aliphatic rings. The van der Waals surface area contributed by atoms with E-state index < -0.39 is 24.0 Å². The molecule has 1 heterocycles. The van der Waals surface area contributed by atoms with Crippen molar-refractivity contribution in [3.63, 3.8) is 0 Å². The number of alkyl carbamates (subject to hydrolysis) is 1. The number of hydrogen-bond acceptors (Lipinski definition) is 5. The molecule has 1 saturated heterocycles. The molecule has 1 fully saturated rings. The van der Waals surface area contributed by atoms with Gasteiger partial charge in [0.05, 0.1) is 18.6 Å². The number of rotatable bonds is 10. The lowest BCUT2D eigenvalue weighted by Gasteiger charge is -2.17. The minimum Gasteiger partial charge on any atom is -0.480 e. The fourth-order valence-electron chi connectivity index (χ4n) is 4.83. The molecule has 3 atom stereocenters. The Morgan fingerprint density at radius 1 is 1.09 bits per heavy atom. The molecule has 0 aromatic heterocycles. The lowest BCUT2D eigenvalue weighted by Crippen LogP contribution is -2.44. The maximum atomic E-state index is 12.5. The van der Waals surface area contributed by atoms with Crippen LogP contribution in [0.15, 0.2) is 48.5 Å². The average molecular weight is 481 g/mol. The topological polar surface area (TPSA) is 114 Å². The van der Waals surface area contributed by atoms with E-state index in [1.165, 1.54) is 11.1 Å². The number of benzene rings is 2. The molecular formula is C27H32N2O6. The van der Waals surface area contributed by atoms with Crippen LogP contribution in [0.4, 0.5) is 4.79 Å². The number of carboxylic acids is 1. The fraction of sp³-hybridized carbons (Fsp3) is 0.444. The molecule has 0 unspecified atom stereocenters. The first kappa shape index (κ1) is 24.7. The third-order valence-corrected chi connectivity index (χ3v) is 6.73. The predicted molar refractivity (Wildman–Crippen MR) is 130 cm³/mol. The van der Waals surface area contributed by atoms with Gasteiger partial charge in [-0.15, -0.1) is 0 Å². The van der Waals surface area contributed by atoms with Crippen molar-refractivity contribution in [3.8, 4) is 11.1 Å². The minimum atomic E-state index is -1.03. The summed E-state index contributed by atoms with van der Waals surface area (Å²) in [7, 11) is 0. The second-order valence-electron chi connectivity index (χ2n) is 9.14. The van der Waals surface area contributed by atoms with Crippen molar-refractivity contribution >= 4 is 18.0 Å². The van der Waals surface area contributed by atoms with E-state index in [0.717, 1.165) is 24.0 Å². The second-order valence-corrected chi connectivity index (χ2v) is 9.14. The molecule has 2 aromatic carbocycles. The highest BCUT2D eigenvalue weighted by atomic mass is 16.5. The Labute approximate surface area is 205 Å². The molecule has 8 heteroatoms. The molecule has 4 rings (SSSR count). The quantitative estimate of drug-likeness (QED) is 0.478. The smallest absolute Gasteiger partial charge is 0.407 e. The fourth-order valence-corrected chi connectivity index (χ4v) is 4.83. The Morgan fingerprint density at radius 2 is 1.74 bits per heavy atom. The highest BCUT2D eigenvalue weighted by molar-refractivity contribution is 5.85. The molecule has 1 aliphatic heterocycles. The van der Waals surface area contributed by atoms with Crippen molar-refractivity contribution in [3.05, 3.63) is 59.7 Å². The third-order valence-electron chi connectivity index (χ3n) is 6.73. The van der Waals surface area contributed by atoms with Gasteiger partial charge in [-0.1, -0.05) is 68.3 Å². The maximum absolute atomic E-state index is 12.5. The van der Waals surface area contributed by atoms with Gasteiger partial charge in [-0.3, -0.25) is 4.79 Å². The van der Waals surface area contributed by atoms with E-state index in [4.69, 9.17) is 9.47 Å². The van der Waals surface area contributed by atoms with Gasteiger partial charge in [0.25, 0.3) is 0 Å². The number of carboxylic acid groups (broad SMARTS) is 1. The van der Waals surface area contributed by atoms with Gasteiger partial charge in [-0.05, 0) is 35.1 Å². The zero-order chi connectivity index (χ0) is 24.8. The van der Waals surface area contributed by atoms with Crippen molar-refractivity contribution in [1.29, 1.82) is 0 Å². The molecule has 8 nitrogen and oxygen atoms in total. The van der Waals surface area contributed by atoms with Crippen LogP contribution in [0.2, 0.25) is 0 Å². The number of aliphatic carboxylic acids is 1. The monoisotopic (exact) mass is 480 g/mol. The molecule has 0 saturated carbocycles. The SMILES string of the molecule is CCCC[C@H](NC(=O)[C@@H]1CO[C@H](CNC(=O)OCC2c3ccccc3-c3ccccc32)C1)C(=O)O. The summed E-state index contributed by atoms with van der Waals surface area (Å²) in [6.07, 6.45) is 1.54. The zero-order valence-corrected chi connectivity index (χ0v) is 19.9. The number of carbonyl (C=O) groups excluding carboxylic acids is 2. The molecule has 35 heavy (non-hydrogen) atoms. The summed E-state index contributed by atoms with van der Waals surface area (Å²) in [6, 6.07) is 15.4. The van der Waals surface area contributed by atoms with Gasteiger partial charge in [-0.25, -0.2) is 9.59 Å². The van der Waals surface area contributed by atoms with Gasteiger partial charge in [0.1, 0.15) is 12.6 Å². The summed E-state index contributed by atoms with van der Waals surface area (Å²) in [4.78, 5) is 36.3.